The lowest BCUT2D eigenvalue weighted by Gasteiger charge is -2.04. The molecule has 0 aromatic rings. The number of hydrogen-bond acceptors (Lipinski definition) is 3. The Balaban J connectivity index is 2.78. The van der Waals surface area contributed by atoms with Gasteiger partial charge in [-0.25, -0.2) is 0 Å². The summed E-state index contributed by atoms with van der Waals surface area (Å²) in [7, 11) is 0. The van der Waals surface area contributed by atoms with E-state index in [1.807, 2.05) is 0 Å². The smallest absolute Gasteiger partial charge is 0.0466 e. The van der Waals surface area contributed by atoms with Crippen molar-refractivity contribution < 1.29 is 9.47 Å². The molecule has 0 N–H and O–H groups in total. The molecular weight excluding hydrogens is 196 g/mol. The van der Waals surface area contributed by atoms with Crippen LogP contribution in [0, 0.1) is 0 Å². The summed E-state index contributed by atoms with van der Waals surface area (Å²) in [5.41, 5.74) is 0. The van der Waals surface area contributed by atoms with Gasteiger partial charge in [0.2, 0.25) is 0 Å². The lowest BCUT2D eigenvalue weighted by atomic mass is 10.3. The van der Waals surface area contributed by atoms with Gasteiger partial charge >= 0.3 is 0 Å². The third-order valence-corrected chi connectivity index (χ3v) is 2.19. The number of hydrogen-bond donors (Lipinski definition) is 1. The third kappa shape index (κ3) is 12.3. The molecule has 0 aliphatic carbocycles. The molecule has 0 saturated carbocycles. The summed E-state index contributed by atoms with van der Waals surface area (Å²) in [6.07, 6.45) is 5.63. The predicted molar refractivity (Wildman–Crippen MR) is 64.3 cm³/mol. The van der Waals surface area contributed by atoms with E-state index in [9.17, 15) is 0 Å². The lowest BCUT2D eigenvalue weighted by molar-refractivity contribution is 0.102. The Labute approximate surface area is 93.8 Å². The SMILES string of the molecule is CCCOCCCCOCCCCS. The first-order chi connectivity index (χ1) is 6.91. The summed E-state index contributed by atoms with van der Waals surface area (Å²) in [6, 6.07) is 0. The van der Waals surface area contributed by atoms with Crippen LogP contribution in [-0.2, 0) is 9.47 Å². The van der Waals surface area contributed by atoms with Gasteiger partial charge in [-0.2, -0.15) is 12.6 Å². The van der Waals surface area contributed by atoms with Crippen molar-refractivity contribution in [2.45, 2.75) is 39.0 Å². The molecule has 0 fully saturated rings. The van der Waals surface area contributed by atoms with Crippen molar-refractivity contribution in [1.29, 1.82) is 0 Å². The Morgan fingerprint density at radius 3 is 1.79 bits per heavy atom. The van der Waals surface area contributed by atoms with E-state index >= 15 is 0 Å². The molecule has 0 amide bonds. The monoisotopic (exact) mass is 220 g/mol. The van der Waals surface area contributed by atoms with Crippen LogP contribution in [0.2, 0.25) is 0 Å². The van der Waals surface area contributed by atoms with Gasteiger partial charge in [-0.1, -0.05) is 6.92 Å². The first-order valence-corrected chi connectivity index (χ1v) is 6.31. The molecule has 86 valence electrons. The molecule has 0 atom stereocenters. The highest BCUT2D eigenvalue weighted by Gasteiger charge is 1.91. The van der Waals surface area contributed by atoms with Gasteiger partial charge in [0.05, 0.1) is 0 Å². The second-order valence-electron chi connectivity index (χ2n) is 3.36. The Morgan fingerprint density at radius 1 is 0.786 bits per heavy atom. The molecule has 0 aromatic heterocycles. The number of ether oxygens (including phenoxy) is 2. The van der Waals surface area contributed by atoms with E-state index in [4.69, 9.17) is 9.47 Å². The van der Waals surface area contributed by atoms with Gasteiger partial charge in [0, 0.05) is 26.4 Å². The summed E-state index contributed by atoms with van der Waals surface area (Å²) in [5.74, 6) is 0.966. The maximum Gasteiger partial charge on any atom is 0.0466 e. The second kappa shape index (κ2) is 13.3. The average Bonchev–Trinajstić information content (AvgIpc) is 2.21. The Morgan fingerprint density at radius 2 is 1.29 bits per heavy atom. The lowest BCUT2D eigenvalue weighted by Crippen LogP contribution is -2.00. The molecule has 0 unspecified atom stereocenters. The van der Waals surface area contributed by atoms with Crippen molar-refractivity contribution >= 4 is 12.6 Å². The Bertz CT molecular complexity index is 87.3. The molecule has 0 saturated heterocycles. The van der Waals surface area contributed by atoms with Gasteiger partial charge in [0.15, 0.2) is 0 Å². The van der Waals surface area contributed by atoms with Gasteiger partial charge in [-0.3, -0.25) is 0 Å². The highest BCUT2D eigenvalue weighted by Crippen LogP contribution is 1.95. The van der Waals surface area contributed by atoms with E-state index in [1.165, 1.54) is 0 Å². The zero-order valence-corrected chi connectivity index (χ0v) is 10.2. The van der Waals surface area contributed by atoms with Crippen LogP contribution in [0.25, 0.3) is 0 Å². The van der Waals surface area contributed by atoms with Crippen molar-refractivity contribution in [2.24, 2.45) is 0 Å². The highest BCUT2D eigenvalue weighted by atomic mass is 32.1. The van der Waals surface area contributed by atoms with Crippen LogP contribution < -0.4 is 0 Å². The molecule has 0 aliphatic rings. The highest BCUT2D eigenvalue weighted by molar-refractivity contribution is 7.80. The normalized spacial score (nSPS) is 10.7. The molecule has 0 rings (SSSR count). The number of rotatable bonds is 11. The van der Waals surface area contributed by atoms with Crippen molar-refractivity contribution in [1.82, 2.24) is 0 Å². The van der Waals surface area contributed by atoms with Gasteiger partial charge in [-0.15, -0.1) is 0 Å². The number of unbranched alkanes of at least 4 members (excludes halogenated alkanes) is 2. The molecule has 0 radical (unpaired) electrons. The fourth-order valence-corrected chi connectivity index (χ4v) is 1.30. The molecular formula is C11H24O2S. The average molecular weight is 220 g/mol. The molecule has 3 heteroatoms. The number of thiol groups is 1. The van der Waals surface area contributed by atoms with E-state index in [2.05, 4.69) is 19.6 Å². The molecule has 14 heavy (non-hydrogen) atoms. The largest absolute Gasteiger partial charge is 0.381 e. The minimum Gasteiger partial charge on any atom is -0.381 e. The van der Waals surface area contributed by atoms with Crippen molar-refractivity contribution in [3.63, 3.8) is 0 Å². The van der Waals surface area contributed by atoms with E-state index in [0.29, 0.717) is 0 Å². The standard InChI is InChI=1S/C11H24O2S/c1-2-7-12-8-3-4-9-13-10-5-6-11-14/h14H,2-11H2,1H3. The van der Waals surface area contributed by atoms with Gasteiger partial charge < -0.3 is 9.47 Å². The Kier molecular flexibility index (Phi) is 13.5. The van der Waals surface area contributed by atoms with Crippen LogP contribution in [0.3, 0.4) is 0 Å². The Hall–Kier alpha value is 0.270. The first-order valence-electron chi connectivity index (χ1n) is 5.68. The summed E-state index contributed by atoms with van der Waals surface area (Å²) in [5, 5.41) is 0. The van der Waals surface area contributed by atoms with Crippen molar-refractivity contribution in [2.75, 3.05) is 32.2 Å². The first kappa shape index (κ1) is 14.3. The summed E-state index contributed by atoms with van der Waals surface area (Å²) >= 11 is 4.14. The van der Waals surface area contributed by atoms with Crippen LogP contribution in [-0.4, -0.2) is 32.2 Å². The summed E-state index contributed by atoms with van der Waals surface area (Å²) < 4.78 is 10.8. The third-order valence-electron chi connectivity index (χ3n) is 1.87. The summed E-state index contributed by atoms with van der Waals surface area (Å²) in [4.78, 5) is 0. The molecule has 0 bridgehead atoms. The van der Waals surface area contributed by atoms with E-state index in [-0.39, 0.29) is 0 Å². The van der Waals surface area contributed by atoms with E-state index < -0.39 is 0 Å². The zero-order valence-electron chi connectivity index (χ0n) is 9.33. The molecule has 0 spiro atoms. The van der Waals surface area contributed by atoms with Crippen LogP contribution in [0.1, 0.15) is 39.0 Å². The van der Waals surface area contributed by atoms with Crippen LogP contribution in [0.5, 0.6) is 0 Å². The minimum atomic E-state index is 0.877. The minimum absolute atomic E-state index is 0.877. The van der Waals surface area contributed by atoms with E-state index in [0.717, 1.165) is 64.3 Å². The second-order valence-corrected chi connectivity index (χ2v) is 3.81. The maximum absolute atomic E-state index is 5.45. The van der Waals surface area contributed by atoms with Gasteiger partial charge in [0.1, 0.15) is 0 Å². The van der Waals surface area contributed by atoms with Gasteiger partial charge in [-0.05, 0) is 37.9 Å². The topological polar surface area (TPSA) is 18.5 Å². The fraction of sp³-hybridized carbons (Fsp3) is 1.00. The quantitative estimate of drug-likeness (QED) is 0.426. The summed E-state index contributed by atoms with van der Waals surface area (Å²) in [6.45, 7) is 5.67. The van der Waals surface area contributed by atoms with Crippen molar-refractivity contribution in [3.8, 4) is 0 Å². The van der Waals surface area contributed by atoms with E-state index in [1.54, 1.807) is 0 Å². The van der Waals surface area contributed by atoms with Crippen LogP contribution in [0.4, 0.5) is 0 Å². The predicted octanol–water partition coefficient (Wildman–Crippen LogP) is 2.92. The maximum atomic E-state index is 5.45. The van der Waals surface area contributed by atoms with Crippen LogP contribution >= 0.6 is 12.6 Å². The molecule has 0 heterocycles. The molecule has 0 aromatic carbocycles. The zero-order chi connectivity index (χ0) is 10.5. The molecule has 2 nitrogen and oxygen atoms in total. The fourth-order valence-electron chi connectivity index (χ4n) is 1.07. The van der Waals surface area contributed by atoms with Crippen LogP contribution in [0.15, 0.2) is 0 Å². The molecule has 0 aliphatic heterocycles. The van der Waals surface area contributed by atoms with Gasteiger partial charge in [0.25, 0.3) is 0 Å². The van der Waals surface area contributed by atoms with Crippen molar-refractivity contribution in [3.05, 3.63) is 0 Å².